The molecule has 158 valence electrons. The minimum absolute atomic E-state index is 0.0582. The van der Waals surface area contributed by atoms with Gasteiger partial charge in [-0.3, -0.25) is 15.8 Å². The number of nitrogens with zero attached hydrogens (tertiary/aromatic N) is 2. The number of rotatable bonds is 4. The van der Waals surface area contributed by atoms with E-state index in [-0.39, 0.29) is 23.9 Å². The zero-order valence-electron chi connectivity index (χ0n) is 16.9. The summed E-state index contributed by atoms with van der Waals surface area (Å²) in [4.78, 5) is 17.2. The van der Waals surface area contributed by atoms with Gasteiger partial charge in [-0.15, -0.1) is 0 Å². The molecular weight excluding hydrogens is 383 g/mol. The second-order valence-electron chi connectivity index (χ2n) is 8.43. The van der Waals surface area contributed by atoms with Gasteiger partial charge in [0.15, 0.2) is 0 Å². The maximum Gasteiger partial charge on any atom is 0.325 e. The number of urea groups is 1. The number of halogens is 1. The number of ether oxygens (including phenoxy) is 1. The van der Waals surface area contributed by atoms with Gasteiger partial charge in [-0.1, -0.05) is 30.3 Å². The Bertz CT molecular complexity index is 908. The highest BCUT2D eigenvalue weighted by Gasteiger charge is 2.50. The van der Waals surface area contributed by atoms with Gasteiger partial charge in [-0.05, 0) is 36.6 Å². The topological polar surface area (TPSA) is 56.8 Å². The molecule has 0 saturated carbocycles. The molecule has 1 spiro atoms. The summed E-state index contributed by atoms with van der Waals surface area (Å²) in [5.74, 6) is 0.168. The van der Waals surface area contributed by atoms with E-state index in [1.54, 1.807) is 12.1 Å². The summed E-state index contributed by atoms with van der Waals surface area (Å²) < 4.78 is 19.9. The predicted molar refractivity (Wildman–Crippen MR) is 113 cm³/mol. The molecular formula is C23H27FN4O2. The van der Waals surface area contributed by atoms with Crippen molar-refractivity contribution in [3.05, 3.63) is 65.5 Å². The lowest BCUT2D eigenvalue weighted by Crippen LogP contribution is -2.50. The van der Waals surface area contributed by atoms with Crippen LogP contribution in [0.4, 0.5) is 14.9 Å². The van der Waals surface area contributed by atoms with Crippen molar-refractivity contribution in [3.8, 4) is 0 Å². The number of nitrogens with one attached hydrogen (secondary N) is 2. The minimum atomic E-state index is -0.324. The van der Waals surface area contributed by atoms with Gasteiger partial charge in [0.2, 0.25) is 0 Å². The van der Waals surface area contributed by atoms with E-state index in [0.717, 1.165) is 31.6 Å². The van der Waals surface area contributed by atoms with Crippen LogP contribution in [0.15, 0.2) is 48.5 Å². The fraction of sp³-hybridized carbons (Fsp3) is 0.435. The number of hydrogen-bond donors (Lipinski definition) is 2. The fourth-order valence-corrected chi connectivity index (χ4v) is 4.83. The van der Waals surface area contributed by atoms with Crippen LogP contribution >= 0.6 is 0 Å². The first-order valence-electron chi connectivity index (χ1n) is 10.6. The monoisotopic (exact) mass is 410 g/mol. The number of benzene rings is 2. The Morgan fingerprint density at radius 3 is 2.43 bits per heavy atom. The van der Waals surface area contributed by atoms with E-state index >= 15 is 0 Å². The van der Waals surface area contributed by atoms with E-state index in [4.69, 9.17) is 4.74 Å². The summed E-state index contributed by atoms with van der Waals surface area (Å²) >= 11 is 0. The van der Waals surface area contributed by atoms with Crippen LogP contribution in [0.25, 0.3) is 0 Å². The first-order valence-corrected chi connectivity index (χ1v) is 10.6. The van der Waals surface area contributed by atoms with Gasteiger partial charge in [0.05, 0.1) is 18.6 Å². The number of anilines is 1. The second kappa shape index (κ2) is 7.98. The summed E-state index contributed by atoms with van der Waals surface area (Å²) in [6.07, 6.45) is 1.53. The van der Waals surface area contributed by atoms with Crippen molar-refractivity contribution in [2.45, 2.75) is 30.8 Å². The summed E-state index contributed by atoms with van der Waals surface area (Å²) in [5.41, 5.74) is 8.69. The van der Waals surface area contributed by atoms with Crippen LogP contribution in [0.3, 0.4) is 0 Å². The molecule has 3 heterocycles. The molecule has 5 rings (SSSR count). The Kier molecular flexibility index (Phi) is 5.18. The van der Waals surface area contributed by atoms with Crippen molar-refractivity contribution in [2.75, 3.05) is 37.7 Å². The predicted octanol–water partition coefficient (Wildman–Crippen LogP) is 3.01. The van der Waals surface area contributed by atoms with Gasteiger partial charge in [0.1, 0.15) is 5.82 Å². The normalized spacial score (nSPS) is 21.7. The Hall–Kier alpha value is -2.48. The molecule has 0 atom stereocenters. The molecule has 0 unspecified atom stereocenters. The SMILES string of the molecule is O=C1N(c2ccc(C3CNNC3)cc2)CC2(CCOCC2)N1Cc1ccccc1F. The summed E-state index contributed by atoms with van der Waals surface area (Å²) in [6, 6.07) is 14.9. The van der Waals surface area contributed by atoms with Gasteiger partial charge in [0.25, 0.3) is 0 Å². The van der Waals surface area contributed by atoms with Gasteiger partial charge in [0, 0.05) is 43.5 Å². The van der Waals surface area contributed by atoms with Crippen molar-refractivity contribution < 1.29 is 13.9 Å². The van der Waals surface area contributed by atoms with E-state index in [2.05, 4.69) is 23.0 Å². The molecule has 3 aliphatic heterocycles. The summed E-state index contributed by atoms with van der Waals surface area (Å²) in [5, 5.41) is 0. The molecule has 6 nitrogen and oxygen atoms in total. The molecule has 3 saturated heterocycles. The van der Waals surface area contributed by atoms with Gasteiger partial charge in [-0.25, -0.2) is 9.18 Å². The van der Waals surface area contributed by atoms with Crippen LogP contribution in [0.5, 0.6) is 0 Å². The average Bonchev–Trinajstić information content (AvgIpc) is 3.40. The molecule has 0 bridgehead atoms. The highest BCUT2D eigenvalue weighted by Crippen LogP contribution is 2.39. The molecule has 30 heavy (non-hydrogen) atoms. The van der Waals surface area contributed by atoms with Crippen LogP contribution in [0.2, 0.25) is 0 Å². The van der Waals surface area contributed by atoms with Crippen LogP contribution in [0.1, 0.15) is 29.9 Å². The number of carbonyl (C=O) groups excluding carboxylic acids is 1. The second-order valence-corrected chi connectivity index (χ2v) is 8.43. The lowest BCUT2D eigenvalue weighted by Gasteiger charge is -2.39. The first-order chi connectivity index (χ1) is 14.7. The van der Waals surface area contributed by atoms with Crippen molar-refractivity contribution in [1.29, 1.82) is 0 Å². The third-order valence-electron chi connectivity index (χ3n) is 6.69. The van der Waals surface area contributed by atoms with Crippen LogP contribution < -0.4 is 15.8 Å². The van der Waals surface area contributed by atoms with Crippen molar-refractivity contribution >= 4 is 11.7 Å². The van der Waals surface area contributed by atoms with Crippen molar-refractivity contribution in [1.82, 2.24) is 15.8 Å². The van der Waals surface area contributed by atoms with Crippen LogP contribution in [0, 0.1) is 5.82 Å². The molecule has 0 aliphatic carbocycles. The number of carbonyl (C=O) groups is 1. The maximum absolute atomic E-state index is 14.4. The van der Waals surface area contributed by atoms with Crippen LogP contribution in [-0.2, 0) is 11.3 Å². The summed E-state index contributed by atoms with van der Waals surface area (Å²) in [6.45, 7) is 3.93. The standard InChI is InChI=1S/C23H27FN4O2/c24-21-4-2-1-3-18(21)15-28-22(29)27(16-23(28)9-11-30-12-10-23)20-7-5-17(6-8-20)19-13-25-26-14-19/h1-8,19,25-26H,9-16H2. The van der Waals surface area contributed by atoms with Gasteiger partial charge >= 0.3 is 6.03 Å². The molecule has 2 aromatic carbocycles. The highest BCUT2D eigenvalue weighted by molar-refractivity contribution is 5.95. The first kappa shape index (κ1) is 19.5. The largest absolute Gasteiger partial charge is 0.381 e. The number of amides is 2. The minimum Gasteiger partial charge on any atom is -0.381 e. The van der Waals surface area contributed by atoms with E-state index in [0.29, 0.717) is 31.2 Å². The smallest absolute Gasteiger partial charge is 0.325 e. The highest BCUT2D eigenvalue weighted by atomic mass is 19.1. The molecule has 2 amide bonds. The van der Waals surface area contributed by atoms with E-state index in [1.807, 2.05) is 28.0 Å². The molecule has 3 aliphatic rings. The Morgan fingerprint density at radius 2 is 1.73 bits per heavy atom. The zero-order chi connectivity index (χ0) is 20.6. The van der Waals surface area contributed by atoms with E-state index < -0.39 is 0 Å². The Balaban J connectivity index is 1.42. The number of hydrazine groups is 1. The van der Waals surface area contributed by atoms with Gasteiger partial charge in [-0.2, -0.15) is 0 Å². The Labute approximate surface area is 176 Å². The molecule has 2 N–H and O–H groups in total. The van der Waals surface area contributed by atoms with Crippen molar-refractivity contribution in [2.24, 2.45) is 0 Å². The third-order valence-corrected chi connectivity index (χ3v) is 6.69. The zero-order valence-corrected chi connectivity index (χ0v) is 16.9. The quantitative estimate of drug-likeness (QED) is 0.814. The van der Waals surface area contributed by atoms with Gasteiger partial charge < -0.3 is 9.64 Å². The fourth-order valence-electron chi connectivity index (χ4n) is 4.83. The molecule has 0 radical (unpaired) electrons. The molecule has 7 heteroatoms. The number of hydrogen-bond acceptors (Lipinski definition) is 4. The Morgan fingerprint density at radius 1 is 1.03 bits per heavy atom. The van der Waals surface area contributed by atoms with Crippen molar-refractivity contribution in [3.63, 3.8) is 0 Å². The van der Waals surface area contributed by atoms with E-state index in [9.17, 15) is 9.18 Å². The third kappa shape index (κ3) is 3.47. The van der Waals surface area contributed by atoms with Crippen LogP contribution in [-0.4, -0.2) is 49.3 Å². The summed E-state index contributed by atoms with van der Waals surface area (Å²) in [7, 11) is 0. The lowest BCUT2D eigenvalue weighted by atomic mass is 9.88. The molecule has 3 fully saturated rings. The molecule has 2 aromatic rings. The molecule has 0 aromatic heterocycles. The lowest BCUT2D eigenvalue weighted by molar-refractivity contribution is 0.00585. The average molecular weight is 410 g/mol. The van der Waals surface area contributed by atoms with E-state index in [1.165, 1.54) is 11.6 Å². The maximum atomic E-state index is 14.4.